The van der Waals surface area contributed by atoms with Crippen LogP contribution in [0.15, 0.2) is 0 Å². The molecule has 0 unspecified atom stereocenters. The Labute approximate surface area is 156 Å². The number of rotatable bonds is 1. The van der Waals surface area contributed by atoms with Crippen LogP contribution in [0.25, 0.3) is 0 Å². The van der Waals surface area contributed by atoms with Gasteiger partial charge >= 0.3 is 5.97 Å². The lowest BCUT2D eigenvalue weighted by molar-refractivity contribution is -0.237. The van der Waals surface area contributed by atoms with Gasteiger partial charge in [0.25, 0.3) is 0 Å². The Bertz CT molecular complexity index is 593. The molecular weight excluding hydrogens is 332 g/mol. The van der Waals surface area contributed by atoms with E-state index in [2.05, 4.69) is 6.92 Å². The molecule has 0 saturated heterocycles. The van der Waals surface area contributed by atoms with Gasteiger partial charge < -0.3 is 20.1 Å². The quantitative estimate of drug-likeness (QED) is 0.620. The fourth-order valence-corrected chi connectivity index (χ4v) is 7.75. The summed E-state index contributed by atoms with van der Waals surface area (Å²) in [6, 6.07) is 0. The van der Waals surface area contributed by atoms with Gasteiger partial charge in [0.1, 0.15) is 0 Å². The molecule has 9 atom stereocenters. The smallest absolute Gasteiger partial charge is 0.309 e. The van der Waals surface area contributed by atoms with E-state index in [0.29, 0.717) is 18.3 Å². The summed E-state index contributed by atoms with van der Waals surface area (Å²) in [6.07, 6.45) is 5.49. The molecule has 4 fully saturated rings. The predicted molar refractivity (Wildman–Crippen MR) is 96.1 cm³/mol. The minimum absolute atomic E-state index is 0.0161. The number of ether oxygens (including phenoxy) is 1. The molecule has 148 valence electrons. The first-order chi connectivity index (χ1) is 12.2. The average molecular weight is 366 g/mol. The van der Waals surface area contributed by atoms with Crippen molar-refractivity contribution < 1.29 is 24.9 Å². The molecule has 4 saturated carbocycles. The van der Waals surface area contributed by atoms with Gasteiger partial charge in [-0.2, -0.15) is 0 Å². The molecule has 0 radical (unpaired) electrons. The number of hydrogen-bond donors (Lipinski definition) is 3. The Hall–Kier alpha value is -0.650. The van der Waals surface area contributed by atoms with Crippen molar-refractivity contribution in [3.8, 4) is 0 Å². The molecule has 4 aliphatic rings. The molecular formula is C21H34O5. The highest BCUT2D eigenvalue weighted by Crippen LogP contribution is 2.69. The molecule has 26 heavy (non-hydrogen) atoms. The van der Waals surface area contributed by atoms with E-state index in [9.17, 15) is 20.1 Å². The van der Waals surface area contributed by atoms with Crippen molar-refractivity contribution in [2.45, 2.75) is 83.0 Å². The highest BCUT2D eigenvalue weighted by molar-refractivity contribution is 5.74. The molecule has 0 spiro atoms. The first-order valence-electron chi connectivity index (χ1n) is 10.3. The van der Waals surface area contributed by atoms with E-state index in [1.54, 1.807) is 0 Å². The van der Waals surface area contributed by atoms with Gasteiger partial charge in [-0.1, -0.05) is 13.8 Å². The van der Waals surface area contributed by atoms with Gasteiger partial charge in [0, 0.05) is 5.41 Å². The maximum Gasteiger partial charge on any atom is 0.309 e. The van der Waals surface area contributed by atoms with Crippen LogP contribution in [0.5, 0.6) is 0 Å². The highest BCUT2D eigenvalue weighted by atomic mass is 16.5. The zero-order valence-corrected chi connectivity index (χ0v) is 16.3. The van der Waals surface area contributed by atoms with Gasteiger partial charge in [0.15, 0.2) is 0 Å². The number of esters is 1. The van der Waals surface area contributed by atoms with Gasteiger partial charge in [0.2, 0.25) is 0 Å². The Balaban J connectivity index is 1.70. The van der Waals surface area contributed by atoms with Crippen LogP contribution in [-0.2, 0) is 9.53 Å². The van der Waals surface area contributed by atoms with Crippen LogP contribution in [0.3, 0.4) is 0 Å². The summed E-state index contributed by atoms with van der Waals surface area (Å²) in [5, 5.41) is 32.9. The number of carbonyl (C=O) groups is 1. The maximum atomic E-state index is 12.4. The van der Waals surface area contributed by atoms with Gasteiger partial charge in [0.05, 0.1) is 30.8 Å². The average Bonchev–Trinajstić information content (AvgIpc) is 2.82. The summed E-state index contributed by atoms with van der Waals surface area (Å²) < 4.78 is 5.01. The number of aliphatic hydroxyl groups excluding tert-OH is 2. The zero-order valence-electron chi connectivity index (χ0n) is 16.3. The normalized spacial score (nSPS) is 56.2. The lowest BCUT2D eigenvalue weighted by Crippen LogP contribution is -2.65. The molecule has 0 amide bonds. The van der Waals surface area contributed by atoms with Gasteiger partial charge in [-0.15, -0.1) is 0 Å². The van der Waals surface area contributed by atoms with Crippen molar-refractivity contribution in [1.82, 2.24) is 0 Å². The predicted octanol–water partition coefficient (Wildman–Crippen LogP) is 2.26. The van der Waals surface area contributed by atoms with Crippen molar-refractivity contribution in [3.05, 3.63) is 0 Å². The molecule has 5 heteroatoms. The summed E-state index contributed by atoms with van der Waals surface area (Å²) >= 11 is 0. The third-order valence-electron chi connectivity index (χ3n) is 9.34. The van der Waals surface area contributed by atoms with E-state index in [1.165, 1.54) is 7.11 Å². The second-order valence-electron chi connectivity index (χ2n) is 10.0. The van der Waals surface area contributed by atoms with Crippen LogP contribution in [-0.4, -0.2) is 46.2 Å². The van der Waals surface area contributed by atoms with Crippen molar-refractivity contribution >= 4 is 5.97 Å². The SMILES string of the molecule is COC(=O)[C@H]1C[C@H](O)[C@@]2(O)[C@@H]3CC[C@@H]4C[C@@H](O)CC[C@]4(C)[C@H]3CC[C@]12C. The molecule has 0 bridgehead atoms. The summed E-state index contributed by atoms with van der Waals surface area (Å²) in [5.74, 6) is 0.115. The molecule has 4 rings (SSSR count). The van der Waals surface area contributed by atoms with Crippen LogP contribution in [0.4, 0.5) is 0 Å². The molecule has 0 aliphatic heterocycles. The summed E-state index contributed by atoms with van der Waals surface area (Å²) in [4.78, 5) is 12.4. The first kappa shape index (κ1) is 18.7. The lowest BCUT2D eigenvalue weighted by atomic mass is 9.43. The number of methoxy groups -OCH3 is 1. The van der Waals surface area contributed by atoms with E-state index in [0.717, 1.165) is 44.9 Å². The van der Waals surface area contributed by atoms with Crippen LogP contribution >= 0.6 is 0 Å². The number of aliphatic hydroxyl groups is 3. The molecule has 0 aromatic heterocycles. The van der Waals surface area contributed by atoms with E-state index in [-0.39, 0.29) is 23.4 Å². The Kier molecular flexibility index (Phi) is 4.26. The zero-order chi connectivity index (χ0) is 18.9. The standard InChI is InChI=1S/C21H34O5/c1-19-8-6-13(22)10-12(19)4-5-15-14(19)7-9-20(2)16(18(24)26-3)11-17(23)21(15,20)25/h12-17,22-23,25H,4-11H2,1-3H3/t12-,13+,14+,15-,16-,17+,19+,20-,21+/m1/s1. The third-order valence-corrected chi connectivity index (χ3v) is 9.34. The van der Waals surface area contributed by atoms with Gasteiger partial charge in [-0.3, -0.25) is 4.79 Å². The summed E-state index contributed by atoms with van der Waals surface area (Å²) in [6.45, 7) is 4.32. The molecule has 5 nitrogen and oxygen atoms in total. The largest absolute Gasteiger partial charge is 0.469 e. The van der Waals surface area contributed by atoms with Crippen LogP contribution in [0.2, 0.25) is 0 Å². The van der Waals surface area contributed by atoms with Crippen molar-refractivity contribution in [3.63, 3.8) is 0 Å². The lowest BCUT2D eigenvalue weighted by Gasteiger charge is -2.63. The molecule has 4 aliphatic carbocycles. The topological polar surface area (TPSA) is 87.0 Å². The molecule has 3 N–H and O–H groups in total. The van der Waals surface area contributed by atoms with E-state index >= 15 is 0 Å². The minimum Gasteiger partial charge on any atom is -0.469 e. The van der Waals surface area contributed by atoms with Crippen molar-refractivity contribution in [2.24, 2.45) is 34.5 Å². The molecule has 0 aromatic carbocycles. The van der Waals surface area contributed by atoms with Crippen molar-refractivity contribution in [1.29, 1.82) is 0 Å². The highest BCUT2D eigenvalue weighted by Gasteiger charge is 2.72. The number of hydrogen-bond acceptors (Lipinski definition) is 5. The Morgan fingerprint density at radius 2 is 1.73 bits per heavy atom. The van der Waals surface area contributed by atoms with Crippen LogP contribution < -0.4 is 0 Å². The Morgan fingerprint density at radius 1 is 1.00 bits per heavy atom. The number of carbonyl (C=O) groups excluding carboxylic acids is 1. The first-order valence-corrected chi connectivity index (χ1v) is 10.3. The van der Waals surface area contributed by atoms with Crippen molar-refractivity contribution in [2.75, 3.05) is 7.11 Å². The Morgan fingerprint density at radius 3 is 2.42 bits per heavy atom. The minimum atomic E-state index is -1.22. The number of fused-ring (bicyclic) bond motifs is 5. The second kappa shape index (κ2) is 5.92. The summed E-state index contributed by atoms with van der Waals surface area (Å²) in [7, 11) is 1.39. The maximum absolute atomic E-state index is 12.4. The van der Waals surface area contributed by atoms with E-state index in [1.807, 2.05) is 6.92 Å². The van der Waals surface area contributed by atoms with Crippen LogP contribution in [0, 0.1) is 34.5 Å². The molecule has 0 heterocycles. The third kappa shape index (κ3) is 2.17. The van der Waals surface area contributed by atoms with Gasteiger partial charge in [-0.05, 0) is 74.5 Å². The summed E-state index contributed by atoms with van der Waals surface area (Å²) in [5.41, 5.74) is -1.74. The fourth-order valence-electron chi connectivity index (χ4n) is 7.75. The molecule has 0 aromatic rings. The second-order valence-corrected chi connectivity index (χ2v) is 10.0. The van der Waals surface area contributed by atoms with E-state index < -0.39 is 23.0 Å². The van der Waals surface area contributed by atoms with E-state index in [4.69, 9.17) is 4.74 Å². The van der Waals surface area contributed by atoms with Crippen LogP contribution in [0.1, 0.15) is 65.2 Å². The fraction of sp³-hybridized carbons (Fsp3) is 0.952. The monoisotopic (exact) mass is 366 g/mol. The van der Waals surface area contributed by atoms with Gasteiger partial charge in [-0.25, -0.2) is 0 Å².